The summed E-state index contributed by atoms with van der Waals surface area (Å²) in [6.45, 7) is 12.3. The van der Waals surface area contributed by atoms with Gasteiger partial charge in [0.15, 0.2) is 0 Å². The van der Waals surface area contributed by atoms with Crippen molar-refractivity contribution in [1.29, 1.82) is 0 Å². The van der Waals surface area contributed by atoms with Crippen LogP contribution in [0.5, 0.6) is 0 Å². The van der Waals surface area contributed by atoms with Crippen LogP contribution in [0.1, 0.15) is 84.6 Å². The first kappa shape index (κ1) is 38.0. The van der Waals surface area contributed by atoms with Gasteiger partial charge in [-0.2, -0.15) is 5.92 Å². The van der Waals surface area contributed by atoms with Crippen LogP contribution in [-0.2, 0) is 53.6 Å². The van der Waals surface area contributed by atoms with Gasteiger partial charge in [0.1, 0.15) is 11.6 Å². The van der Waals surface area contributed by atoms with Crippen LogP contribution < -0.4 is 10.00 Å². The molecule has 0 atom stereocenters. The molecular weight excluding hydrogens is 615 g/mol. The molecule has 9 heteroatoms. The number of Topliss-reactive ketones (excluding diaryl/α,β-unsaturated/α-hetero) is 2. The summed E-state index contributed by atoms with van der Waals surface area (Å²) in [6, 6.07) is 9.61. The van der Waals surface area contributed by atoms with Crippen molar-refractivity contribution in [3.05, 3.63) is 55.2 Å². The summed E-state index contributed by atoms with van der Waals surface area (Å²) in [5, 5.41) is 12.4. The van der Waals surface area contributed by atoms with Crippen LogP contribution in [0.15, 0.2) is 42.7 Å². The average Bonchev–Trinajstić information content (AvgIpc) is 3.44. The van der Waals surface area contributed by atoms with Gasteiger partial charge < -0.3 is 22.0 Å². The van der Waals surface area contributed by atoms with Gasteiger partial charge in [-0.1, -0.05) is 52.0 Å². The largest absolute Gasteiger partial charge is 0.349 e. The van der Waals surface area contributed by atoms with E-state index in [2.05, 4.69) is 67.9 Å². The molecule has 0 fully saturated rings. The van der Waals surface area contributed by atoms with Gasteiger partial charge in [-0.3, -0.25) is 24.6 Å². The first-order valence-electron chi connectivity index (χ1n) is 14.6. The van der Waals surface area contributed by atoms with Gasteiger partial charge in [0.05, 0.1) is 12.2 Å². The minimum atomic E-state index is -0.0650. The smallest absolute Gasteiger partial charge is 0.227 e. The molecule has 43 heavy (non-hydrogen) atoms. The molecule has 0 saturated heterocycles. The van der Waals surface area contributed by atoms with Gasteiger partial charge in [-0.15, -0.1) is 12.8 Å². The van der Waals surface area contributed by atoms with Crippen molar-refractivity contribution >= 4 is 23.2 Å². The summed E-state index contributed by atoms with van der Waals surface area (Å²) >= 11 is 0. The number of benzene rings is 1. The van der Waals surface area contributed by atoms with Crippen molar-refractivity contribution in [2.45, 2.75) is 85.6 Å². The third-order valence-corrected chi connectivity index (χ3v) is 6.52. The molecule has 0 saturated carbocycles. The number of amides is 1. The number of aromatic nitrogens is 4. The Hall–Kier alpha value is -3.02. The van der Waals surface area contributed by atoms with Crippen LogP contribution in [0.4, 0.5) is 5.69 Å². The first-order chi connectivity index (χ1) is 20.2. The number of carbonyl (C=O) groups is 3. The maximum atomic E-state index is 13.4. The Bertz CT molecular complexity index is 1330. The Morgan fingerprint density at radius 2 is 1.53 bits per heavy atom. The van der Waals surface area contributed by atoms with E-state index in [1.54, 1.807) is 23.4 Å². The van der Waals surface area contributed by atoms with Crippen LogP contribution in [0, 0.1) is 31.6 Å². The van der Waals surface area contributed by atoms with E-state index < -0.39 is 0 Å². The van der Waals surface area contributed by atoms with Gasteiger partial charge in [0.25, 0.3) is 0 Å². The van der Waals surface area contributed by atoms with Gasteiger partial charge in [0, 0.05) is 82.8 Å². The van der Waals surface area contributed by atoms with Crippen molar-refractivity contribution in [1.82, 2.24) is 20.4 Å². The van der Waals surface area contributed by atoms with Crippen LogP contribution >= 0.6 is 0 Å². The molecule has 3 heterocycles. The Kier molecular flexibility index (Phi) is 17.7. The average molecular weight is 659 g/mol. The zero-order chi connectivity index (χ0) is 31.1. The van der Waals surface area contributed by atoms with Crippen LogP contribution in [-0.4, -0.2) is 32.8 Å². The molecule has 1 aliphatic heterocycles. The van der Waals surface area contributed by atoms with Gasteiger partial charge >= 0.3 is 0 Å². The summed E-state index contributed by atoms with van der Waals surface area (Å²) in [6.07, 6.45) is 15.3. The predicted octanol–water partition coefficient (Wildman–Crippen LogP) is 6.65. The Morgan fingerprint density at radius 1 is 0.930 bits per heavy atom. The van der Waals surface area contributed by atoms with Gasteiger partial charge in [-0.25, -0.2) is 0 Å². The number of anilines is 1. The number of hydrogen-bond acceptors (Lipinski definition) is 6. The van der Waals surface area contributed by atoms with E-state index in [4.69, 9.17) is 0 Å². The summed E-state index contributed by atoms with van der Waals surface area (Å²) in [5.41, 5.74) is 4.54. The van der Waals surface area contributed by atoms with Crippen molar-refractivity contribution in [2.24, 2.45) is 11.8 Å². The van der Waals surface area contributed by atoms with Crippen molar-refractivity contribution in [3.63, 3.8) is 0 Å². The monoisotopic (exact) mass is 658 g/mol. The number of nitrogens with zero attached hydrogens (tertiary/aromatic N) is 5. The van der Waals surface area contributed by atoms with E-state index in [0.29, 0.717) is 79.5 Å². The molecule has 0 bridgehead atoms. The molecular formula is C34H43N5O3Y-2. The van der Waals surface area contributed by atoms with E-state index in [9.17, 15) is 14.4 Å². The molecule has 0 spiro atoms. The normalized spacial score (nSPS) is 11.2. The molecule has 227 valence electrons. The fourth-order valence-electron chi connectivity index (χ4n) is 4.50. The molecule has 1 amide bonds. The Labute approximate surface area is 282 Å². The van der Waals surface area contributed by atoms with E-state index in [-0.39, 0.29) is 56.6 Å². The SMILES string of the molecule is C#C.CC(C)CCC(=O)CCCC(=O)CCCC(=O)N1Cc2ccccc2-c2[n-]nnc2-c2cnccc21.[CH2-]C(C)C.[Y]. The molecule has 8 nitrogen and oxygen atoms in total. The maximum absolute atomic E-state index is 13.4. The number of pyridine rings is 1. The van der Waals surface area contributed by atoms with E-state index in [1.165, 1.54) is 0 Å². The minimum Gasteiger partial charge on any atom is -0.349 e. The maximum Gasteiger partial charge on any atom is 0.227 e. The molecule has 0 unspecified atom stereocenters. The van der Waals surface area contributed by atoms with E-state index in [1.807, 2.05) is 24.3 Å². The number of hydrogen-bond donors (Lipinski definition) is 0. The second-order valence-corrected chi connectivity index (χ2v) is 11.1. The Morgan fingerprint density at radius 3 is 2.19 bits per heavy atom. The molecule has 3 aromatic rings. The summed E-state index contributed by atoms with van der Waals surface area (Å²) in [4.78, 5) is 43.7. The minimum absolute atomic E-state index is 0. The van der Waals surface area contributed by atoms with Crippen molar-refractivity contribution in [3.8, 4) is 35.4 Å². The summed E-state index contributed by atoms with van der Waals surface area (Å²) in [7, 11) is 0. The standard InChI is InChI=1S/C28H32N5O3.C4H9.C2H2.Y/c1-19(2)13-14-22(35)9-5-8-21(34)10-6-12-26(36)33-18-20-7-3-4-11-23(20)27-28(31-32-30-27)24-17-29-16-15-25(24)33;1-4(2)3;1-2;/h3-4,7,11,15-17,19H,5-6,8-10,12-14,18H2,1-2H3;4H,1H2,2-3H3;1-2H;/q2*-1;;. The van der Waals surface area contributed by atoms with Crippen molar-refractivity contribution in [2.75, 3.05) is 4.90 Å². The molecule has 1 aliphatic rings. The van der Waals surface area contributed by atoms with Crippen LogP contribution in [0.3, 0.4) is 0 Å². The zero-order valence-corrected chi connectivity index (χ0v) is 28.8. The second kappa shape index (κ2) is 20.0. The molecule has 0 aliphatic carbocycles. The molecule has 0 N–H and O–H groups in total. The zero-order valence-electron chi connectivity index (χ0n) is 26.0. The molecule has 4 rings (SSSR count). The first-order valence-corrected chi connectivity index (χ1v) is 14.6. The van der Waals surface area contributed by atoms with Crippen molar-refractivity contribution < 1.29 is 47.1 Å². The topological polar surface area (TPSA) is 107 Å². The third kappa shape index (κ3) is 12.2. The molecule has 2 aromatic heterocycles. The van der Waals surface area contributed by atoms with Crippen LogP contribution in [0.25, 0.3) is 22.5 Å². The predicted molar refractivity (Wildman–Crippen MR) is 167 cm³/mol. The van der Waals surface area contributed by atoms with E-state index in [0.717, 1.165) is 17.5 Å². The summed E-state index contributed by atoms with van der Waals surface area (Å²) < 4.78 is 0. The Balaban J connectivity index is 0.00000122. The van der Waals surface area contributed by atoms with E-state index >= 15 is 0 Å². The number of ketones is 2. The molecule has 1 radical (unpaired) electrons. The number of rotatable bonds is 11. The van der Waals surface area contributed by atoms with Gasteiger partial charge in [0.2, 0.25) is 5.91 Å². The number of fused-ring (bicyclic) bond motifs is 5. The number of carbonyl (C=O) groups excluding carboxylic acids is 3. The fraction of sp³-hybridized carbons (Fsp3) is 0.441. The third-order valence-electron chi connectivity index (χ3n) is 6.52. The van der Waals surface area contributed by atoms with Crippen LogP contribution in [0.2, 0.25) is 0 Å². The summed E-state index contributed by atoms with van der Waals surface area (Å²) in [5.74, 6) is 1.36. The quantitative estimate of drug-likeness (QED) is 0.168. The molecule has 1 aromatic carbocycles. The second-order valence-electron chi connectivity index (χ2n) is 11.1. The number of terminal acetylenes is 1. The fourth-order valence-corrected chi connectivity index (χ4v) is 4.50. The van der Waals surface area contributed by atoms with Gasteiger partial charge in [-0.05, 0) is 53.8 Å².